The Labute approximate surface area is 182 Å². The third-order valence-electron chi connectivity index (χ3n) is 5.44. The largest absolute Gasteiger partial charge is 0.494 e. The van der Waals surface area contributed by atoms with E-state index in [0.29, 0.717) is 31.9 Å². The molecule has 166 valence electrons. The van der Waals surface area contributed by atoms with Crippen LogP contribution >= 0.6 is 0 Å². The van der Waals surface area contributed by atoms with Gasteiger partial charge in [-0.3, -0.25) is 4.79 Å². The maximum absolute atomic E-state index is 13.8. The lowest BCUT2D eigenvalue weighted by Gasteiger charge is -2.32. The van der Waals surface area contributed by atoms with E-state index in [1.165, 1.54) is 12.1 Å². The number of halogens is 1. The van der Waals surface area contributed by atoms with Crippen molar-refractivity contribution in [1.82, 2.24) is 10.2 Å². The normalized spacial score (nSPS) is 14.2. The number of nitrogens with zero attached hydrogens (tertiary/aromatic N) is 1. The van der Waals surface area contributed by atoms with Crippen LogP contribution in [-0.4, -0.2) is 43.1 Å². The Hall–Kier alpha value is -3.09. The van der Waals surface area contributed by atoms with Gasteiger partial charge in [0.2, 0.25) is 0 Å². The zero-order chi connectivity index (χ0) is 22.1. The van der Waals surface area contributed by atoms with Crippen LogP contribution < -0.4 is 15.4 Å². The number of hydrogen-bond donors (Lipinski definition) is 2. The molecule has 0 atom stereocenters. The second-order valence-electron chi connectivity index (χ2n) is 7.78. The van der Waals surface area contributed by atoms with Crippen LogP contribution in [-0.2, 0) is 0 Å². The standard InChI is InChI=1S/C24H30FN3O3/c1-2-3-16-31-20-10-8-19(9-11-20)27-24(30)26-17-18-12-14-28(15-13-18)23(29)21-6-4-5-7-22(21)25/h4-11,18H,2-3,12-17H2,1H3,(H2,26,27,30). The van der Waals surface area contributed by atoms with Gasteiger partial charge in [0.1, 0.15) is 11.6 Å². The van der Waals surface area contributed by atoms with Gasteiger partial charge in [0.25, 0.3) is 5.91 Å². The van der Waals surface area contributed by atoms with E-state index < -0.39 is 5.82 Å². The summed E-state index contributed by atoms with van der Waals surface area (Å²) >= 11 is 0. The molecule has 2 N–H and O–H groups in total. The summed E-state index contributed by atoms with van der Waals surface area (Å²) in [4.78, 5) is 26.4. The van der Waals surface area contributed by atoms with E-state index in [1.54, 1.807) is 17.0 Å². The maximum Gasteiger partial charge on any atom is 0.319 e. The van der Waals surface area contributed by atoms with Crippen LogP contribution in [0.2, 0.25) is 0 Å². The number of piperidine rings is 1. The molecule has 1 aliphatic rings. The number of nitrogens with one attached hydrogen (secondary N) is 2. The van der Waals surface area contributed by atoms with E-state index in [0.717, 1.165) is 31.4 Å². The van der Waals surface area contributed by atoms with E-state index >= 15 is 0 Å². The van der Waals surface area contributed by atoms with Crippen LogP contribution in [0.4, 0.5) is 14.9 Å². The van der Waals surface area contributed by atoms with Crippen LogP contribution in [0.3, 0.4) is 0 Å². The Morgan fingerprint density at radius 1 is 1.10 bits per heavy atom. The zero-order valence-electron chi connectivity index (χ0n) is 17.9. The van der Waals surface area contributed by atoms with E-state index in [-0.39, 0.29) is 23.4 Å². The molecular formula is C24H30FN3O3. The highest BCUT2D eigenvalue weighted by Gasteiger charge is 2.25. The van der Waals surface area contributed by atoms with Crippen molar-refractivity contribution in [2.75, 3.05) is 31.6 Å². The number of amides is 3. The van der Waals surface area contributed by atoms with Gasteiger partial charge < -0.3 is 20.3 Å². The fraction of sp³-hybridized carbons (Fsp3) is 0.417. The second kappa shape index (κ2) is 11.3. The molecule has 0 aromatic heterocycles. The van der Waals surface area contributed by atoms with Crippen molar-refractivity contribution in [1.29, 1.82) is 0 Å². The maximum atomic E-state index is 13.8. The Balaban J connectivity index is 1.38. The number of carbonyl (C=O) groups excluding carboxylic acids is 2. The van der Waals surface area contributed by atoms with Gasteiger partial charge in [-0.1, -0.05) is 25.5 Å². The molecule has 0 bridgehead atoms. The zero-order valence-corrected chi connectivity index (χ0v) is 17.9. The van der Waals surface area contributed by atoms with Gasteiger partial charge >= 0.3 is 6.03 Å². The molecule has 6 nitrogen and oxygen atoms in total. The molecule has 1 fully saturated rings. The lowest BCUT2D eigenvalue weighted by atomic mass is 9.96. The van der Waals surface area contributed by atoms with Crippen LogP contribution in [0.15, 0.2) is 48.5 Å². The minimum absolute atomic E-state index is 0.111. The molecule has 31 heavy (non-hydrogen) atoms. The van der Waals surface area contributed by atoms with Gasteiger partial charge in [-0.2, -0.15) is 0 Å². The topological polar surface area (TPSA) is 70.7 Å². The van der Waals surface area contributed by atoms with E-state index in [4.69, 9.17) is 4.74 Å². The molecule has 0 unspecified atom stereocenters. The summed E-state index contributed by atoms with van der Waals surface area (Å²) in [5.74, 6) is 0.304. The summed E-state index contributed by atoms with van der Waals surface area (Å²) in [5, 5.41) is 5.72. The molecule has 0 aliphatic carbocycles. The molecule has 1 saturated heterocycles. The number of likely N-dealkylation sites (tertiary alicyclic amines) is 1. The Morgan fingerprint density at radius 2 is 1.81 bits per heavy atom. The van der Waals surface area contributed by atoms with Crippen molar-refractivity contribution in [2.24, 2.45) is 5.92 Å². The van der Waals surface area contributed by atoms with Gasteiger partial charge in [-0.15, -0.1) is 0 Å². The highest BCUT2D eigenvalue weighted by atomic mass is 19.1. The molecule has 7 heteroatoms. The van der Waals surface area contributed by atoms with Crippen LogP contribution in [0, 0.1) is 11.7 Å². The number of ether oxygens (including phenoxy) is 1. The first-order valence-electron chi connectivity index (χ1n) is 10.9. The third-order valence-corrected chi connectivity index (χ3v) is 5.44. The van der Waals surface area contributed by atoms with Crippen molar-refractivity contribution >= 4 is 17.6 Å². The second-order valence-corrected chi connectivity index (χ2v) is 7.78. The molecule has 2 aromatic rings. The highest BCUT2D eigenvalue weighted by molar-refractivity contribution is 5.94. The first-order valence-corrected chi connectivity index (χ1v) is 10.9. The van der Waals surface area contributed by atoms with Crippen molar-refractivity contribution in [3.05, 3.63) is 59.9 Å². The minimum Gasteiger partial charge on any atom is -0.494 e. The fourth-order valence-corrected chi connectivity index (χ4v) is 3.53. The summed E-state index contributed by atoms with van der Waals surface area (Å²) in [6.07, 6.45) is 3.63. The van der Waals surface area contributed by atoms with Gasteiger partial charge in [0, 0.05) is 25.3 Å². The number of unbranched alkanes of at least 4 members (excludes halogenated alkanes) is 1. The van der Waals surface area contributed by atoms with E-state index in [2.05, 4.69) is 17.6 Å². The van der Waals surface area contributed by atoms with Crippen molar-refractivity contribution < 1.29 is 18.7 Å². The van der Waals surface area contributed by atoms with Gasteiger partial charge in [0.15, 0.2) is 0 Å². The molecule has 3 amide bonds. The lowest BCUT2D eigenvalue weighted by Crippen LogP contribution is -2.42. The predicted molar refractivity (Wildman–Crippen MR) is 119 cm³/mol. The Kier molecular flexibility index (Phi) is 8.27. The number of carbonyl (C=O) groups is 2. The monoisotopic (exact) mass is 427 g/mol. The number of benzene rings is 2. The van der Waals surface area contributed by atoms with Crippen LogP contribution in [0.1, 0.15) is 43.0 Å². The molecule has 1 heterocycles. The SMILES string of the molecule is CCCCOc1ccc(NC(=O)NCC2CCN(C(=O)c3ccccc3F)CC2)cc1. The molecular weight excluding hydrogens is 397 g/mol. The average Bonchev–Trinajstić information content (AvgIpc) is 2.79. The first kappa shape index (κ1) is 22.6. The lowest BCUT2D eigenvalue weighted by molar-refractivity contribution is 0.0686. The molecule has 3 rings (SSSR count). The van der Waals surface area contributed by atoms with Gasteiger partial charge in [-0.25, -0.2) is 9.18 Å². The highest BCUT2D eigenvalue weighted by Crippen LogP contribution is 2.20. The smallest absolute Gasteiger partial charge is 0.319 e. The predicted octanol–water partition coefficient (Wildman–Crippen LogP) is 4.68. The summed E-state index contributed by atoms with van der Waals surface area (Å²) in [6, 6.07) is 13.1. The van der Waals surface area contributed by atoms with Crippen molar-refractivity contribution in [3.8, 4) is 5.75 Å². The van der Waals surface area contributed by atoms with Crippen molar-refractivity contribution in [3.63, 3.8) is 0 Å². The Morgan fingerprint density at radius 3 is 2.48 bits per heavy atom. The Bertz CT molecular complexity index is 865. The molecule has 0 saturated carbocycles. The van der Waals surface area contributed by atoms with Crippen molar-refractivity contribution in [2.45, 2.75) is 32.6 Å². The quantitative estimate of drug-likeness (QED) is 0.601. The number of hydrogen-bond acceptors (Lipinski definition) is 3. The van der Waals surface area contributed by atoms with E-state index in [9.17, 15) is 14.0 Å². The molecule has 1 aliphatic heterocycles. The van der Waals surface area contributed by atoms with Crippen LogP contribution in [0.25, 0.3) is 0 Å². The minimum atomic E-state index is -0.492. The summed E-state index contributed by atoms with van der Waals surface area (Å²) in [7, 11) is 0. The van der Waals surface area contributed by atoms with Gasteiger partial charge in [0.05, 0.1) is 12.2 Å². The first-order chi connectivity index (χ1) is 15.1. The molecule has 2 aromatic carbocycles. The average molecular weight is 428 g/mol. The third kappa shape index (κ3) is 6.70. The summed E-state index contributed by atoms with van der Waals surface area (Å²) < 4.78 is 19.5. The number of rotatable bonds is 8. The summed E-state index contributed by atoms with van der Waals surface area (Å²) in [5.41, 5.74) is 0.811. The molecule has 0 radical (unpaired) electrons. The van der Waals surface area contributed by atoms with Crippen LogP contribution in [0.5, 0.6) is 5.75 Å². The number of anilines is 1. The fourth-order valence-electron chi connectivity index (χ4n) is 3.53. The molecule has 0 spiro atoms. The van der Waals surface area contributed by atoms with E-state index in [1.807, 2.05) is 24.3 Å². The summed E-state index contributed by atoms with van der Waals surface area (Å²) in [6.45, 7) is 4.45. The number of urea groups is 1. The van der Waals surface area contributed by atoms with Gasteiger partial charge in [-0.05, 0) is 61.6 Å².